The van der Waals surface area contributed by atoms with Gasteiger partial charge in [0.25, 0.3) is 0 Å². The van der Waals surface area contributed by atoms with E-state index in [1.165, 1.54) is 16.7 Å². The molecule has 0 radical (unpaired) electrons. The number of rotatable bonds is 3. The Balaban J connectivity index is 2.17. The maximum Gasteiger partial charge on any atom is 0.0972 e. The number of benzene rings is 1. The minimum atomic E-state index is 0.0879. The van der Waals surface area contributed by atoms with Crippen LogP contribution in [-0.2, 0) is 13.0 Å². The quantitative estimate of drug-likeness (QED) is 0.884. The lowest BCUT2D eigenvalue weighted by Gasteiger charge is -2.03. The van der Waals surface area contributed by atoms with Gasteiger partial charge in [0, 0.05) is 12.6 Å². The third-order valence-electron chi connectivity index (χ3n) is 2.68. The van der Waals surface area contributed by atoms with Crippen molar-refractivity contribution in [2.75, 3.05) is 0 Å². The van der Waals surface area contributed by atoms with Crippen molar-refractivity contribution in [3.63, 3.8) is 0 Å². The molecule has 3 heteroatoms. The Morgan fingerprint density at radius 2 is 2.06 bits per heavy atom. The zero-order valence-electron chi connectivity index (χ0n) is 9.53. The summed E-state index contributed by atoms with van der Waals surface area (Å²) in [7, 11) is 0. The maximum absolute atomic E-state index is 8.97. The minimum absolute atomic E-state index is 0.0879. The Bertz CT molecular complexity index is 490. The van der Waals surface area contributed by atoms with E-state index >= 15 is 0 Å². The van der Waals surface area contributed by atoms with Crippen LogP contribution in [0.25, 0.3) is 0 Å². The van der Waals surface area contributed by atoms with Crippen molar-refractivity contribution in [2.24, 2.45) is 0 Å². The second kappa shape index (κ2) is 4.76. The van der Waals surface area contributed by atoms with Crippen LogP contribution in [0.3, 0.4) is 0 Å². The average Bonchev–Trinajstić information content (AvgIpc) is 2.71. The van der Waals surface area contributed by atoms with Crippen LogP contribution in [0.5, 0.6) is 0 Å². The van der Waals surface area contributed by atoms with Gasteiger partial charge < -0.3 is 5.11 Å². The molecule has 0 aliphatic carbocycles. The summed E-state index contributed by atoms with van der Waals surface area (Å²) in [5, 5.41) is 10.0. The molecule has 1 aromatic carbocycles. The summed E-state index contributed by atoms with van der Waals surface area (Å²) in [4.78, 5) is 5.22. The molecule has 0 saturated carbocycles. The van der Waals surface area contributed by atoms with E-state index in [9.17, 15) is 0 Å². The Kier molecular flexibility index (Phi) is 3.36. The van der Waals surface area contributed by atoms with Gasteiger partial charge >= 0.3 is 0 Å². The Hall–Kier alpha value is -1.19. The molecule has 0 saturated heterocycles. The molecule has 1 N–H and O–H groups in total. The highest BCUT2D eigenvalue weighted by molar-refractivity contribution is 7.11. The van der Waals surface area contributed by atoms with Gasteiger partial charge in [-0.15, -0.1) is 11.3 Å². The summed E-state index contributed by atoms with van der Waals surface area (Å²) < 4.78 is 0. The average molecular weight is 233 g/mol. The second-order valence-electron chi connectivity index (χ2n) is 3.97. The maximum atomic E-state index is 8.97. The van der Waals surface area contributed by atoms with E-state index < -0.39 is 0 Å². The standard InChI is InChI=1S/C13H15NOS/c1-9-3-4-11(5-10(9)2)6-13-14-7-12(8-15)16-13/h3-5,7,15H,6,8H2,1-2H3. The number of aliphatic hydroxyl groups excluding tert-OH is 1. The van der Waals surface area contributed by atoms with E-state index in [0.29, 0.717) is 0 Å². The summed E-state index contributed by atoms with van der Waals surface area (Å²) in [5.41, 5.74) is 3.91. The Morgan fingerprint density at radius 3 is 2.69 bits per heavy atom. The molecule has 0 amide bonds. The van der Waals surface area contributed by atoms with Crippen molar-refractivity contribution < 1.29 is 5.11 Å². The molecule has 84 valence electrons. The molecule has 2 nitrogen and oxygen atoms in total. The minimum Gasteiger partial charge on any atom is -0.391 e. The first-order chi connectivity index (χ1) is 7.69. The molecule has 0 spiro atoms. The van der Waals surface area contributed by atoms with Gasteiger partial charge in [-0.1, -0.05) is 18.2 Å². The zero-order chi connectivity index (χ0) is 11.5. The highest BCUT2D eigenvalue weighted by Crippen LogP contribution is 2.18. The highest BCUT2D eigenvalue weighted by Gasteiger charge is 2.03. The van der Waals surface area contributed by atoms with Crippen LogP contribution in [0.15, 0.2) is 24.4 Å². The predicted molar refractivity (Wildman–Crippen MR) is 66.8 cm³/mol. The molecule has 2 aromatic rings. The van der Waals surface area contributed by atoms with Gasteiger partial charge in [0.1, 0.15) is 0 Å². The number of aliphatic hydroxyl groups is 1. The fourth-order valence-electron chi connectivity index (χ4n) is 1.59. The van der Waals surface area contributed by atoms with E-state index in [1.807, 2.05) is 0 Å². The molecule has 0 fully saturated rings. The number of hydrogen-bond acceptors (Lipinski definition) is 3. The lowest BCUT2D eigenvalue weighted by atomic mass is 10.0. The third kappa shape index (κ3) is 2.49. The van der Waals surface area contributed by atoms with Gasteiger partial charge in [-0.05, 0) is 30.5 Å². The van der Waals surface area contributed by atoms with Crippen molar-refractivity contribution in [3.8, 4) is 0 Å². The van der Waals surface area contributed by atoms with E-state index in [1.54, 1.807) is 17.5 Å². The number of thiazole rings is 1. The molecule has 1 heterocycles. The topological polar surface area (TPSA) is 33.1 Å². The molecule has 1 aromatic heterocycles. The summed E-state index contributed by atoms with van der Waals surface area (Å²) >= 11 is 1.58. The fourth-order valence-corrected chi connectivity index (χ4v) is 2.41. The van der Waals surface area contributed by atoms with Crippen molar-refractivity contribution in [1.82, 2.24) is 4.98 Å². The Labute approximate surface area is 99.6 Å². The smallest absolute Gasteiger partial charge is 0.0972 e. The van der Waals surface area contributed by atoms with Gasteiger partial charge in [0.05, 0.1) is 16.5 Å². The summed E-state index contributed by atoms with van der Waals surface area (Å²) in [6, 6.07) is 6.49. The summed E-state index contributed by atoms with van der Waals surface area (Å²) in [5.74, 6) is 0. The van der Waals surface area contributed by atoms with Crippen molar-refractivity contribution in [3.05, 3.63) is 51.0 Å². The largest absolute Gasteiger partial charge is 0.391 e. The van der Waals surface area contributed by atoms with Crippen LogP contribution in [0.4, 0.5) is 0 Å². The molecule has 0 atom stereocenters. The lowest BCUT2D eigenvalue weighted by Crippen LogP contribution is -1.89. The second-order valence-corrected chi connectivity index (χ2v) is 5.17. The van der Waals surface area contributed by atoms with Gasteiger partial charge in [0.15, 0.2) is 0 Å². The Morgan fingerprint density at radius 1 is 1.25 bits per heavy atom. The van der Waals surface area contributed by atoms with Crippen molar-refractivity contribution >= 4 is 11.3 Å². The summed E-state index contributed by atoms with van der Waals surface area (Å²) in [6.07, 6.45) is 2.60. The molecular formula is C13H15NOS. The van der Waals surface area contributed by atoms with Crippen LogP contribution in [0.2, 0.25) is 0 Å². The first kappa shape index (κ1) is 11.3. The lowest BCUT2D eigenvalue weighted by molar-refractivity contribution is 0.285. The van der Waals surface area contributed by atoms with Gasteiger partial charge in [-0.2, -0.15) is 0 Å². The van der Waals surface area contributed by atoms with Crippen LogP contribution < -0.4 is 0 Å². The monoisotopic (exact) mass is 233 g/mol. The van der Waals surface area contributed by atoms with Gasteiger partial charge in [-0.25, -0.2) is 4.98 Å². The normalized spacial score (nSPS) is 10.7. The molecule has 0 aliphatic rings. The summed E-state index contributed by atoms with van der Waals surface area (Å²) in [6.45, 7) is 4.33. The molecule has 2 rings (SSSR count). The number of nitrogens with zero attached hydrogens (tertiary/aromatic N) is 1. The molecule has 0 aliphatic heterocycles. The van der Waals surface area contributed by atoms with E-state index in [4.69, 9.17) is 5.11 Å². The van der Waals surface area contributed by atoms with E-state index in [2.05, 4.69) is 37.0 Å². The molecular weight excluding hydrogens is 218 g/mol. The molecule has 16 heavy (non-hydrogen) atoms. The fraction of sp³-hybridized carbons (Fsp3) is 0.308. The van der Waals surface area contributed by atoms with Crippen LogP contribution in [0, 0.1) is 13.8 Å². The van der Waals surface area contributed by atoms with Crippen molar-refractivity contribution in [1.29, 1.82) is 0 Å². The van der Waals surface area contributed by atoms with Crippen LogP contribution in [0.1, 0.15) is 26.6 Å². The van der Waals surface area contributed by atoms with Gasteiger partial charge in [-0.3, -0.25) is 0 Å². The first-order valence-electron chi connectivity index (χ1n) is 5.29. The SMILES string of the molecule is Cc1ccc(Cc2ncc(CO)s2)cc1C. The highest BCUT2D eigenvalue weighted by atomic mass is 32.1. The molecule has 0 unspecified atom stereocenters. The third-order valence-corrected chi connectivity index (χ3v) is 3.67. The number of hydrogen-bond donors (Lipinski definition) is 1. The number of aromatic nitrogens is 1. The first-order valence-corrected chi connectivity index (χ1v) is 6.11. The van der Waals surface area contributed by atoms with Gasteiger partial charge in [0.2, 0.25) is 0 Å². The molecule has 0 bridgehead atoms. The van der Waals surface area contributed by atoms with E-state index in [-0.39, 0.29) is 6.61 Å². The van der Waals surface area contributed by atoms with Crippen LogP contribution >= 0.6 is 11.3 Å². The zero-order valence-corrected chi connectivity index (χ0v) is 10.3. The predicted octanol–water partition coefficient (Wildman–Crippen LogP) is 2.84. The number of aryl methyl sites for hydroxylation is 2. The van der Waals surface area contributed by atoms with E-state index in [0.717, 1.165) is 16.3 Å². The van der Waals surface area contributed by atoms with Crippen LogP contribution in [-0.4, -0.2) is 10.1 Å². The van der Waals surface area contributed by atoms with Crippen molar-refractivity contribution in [2.45, 2.75) is 26.9 Å².